The van der Waals surface area contributed by atoms with Crippen LogP contribution in [0.2, 0.25) is 10.0 Å². The molecular formula is C16H13BrCl2N2. The van der Waals surface area contributed by atoms with Crippen LogP contribution in [0.3, 0.4) is 0 Å². The van der Waals surface area contributed by atoms with Gasteiger partial charge in [0, 0.05) is 16.9 Å². The van der Waals surface area contributed by atoms with E-state index in [-0.39, 0.29) is 6.04 Å². The highest BCUT2D eigenvalue weighted by Crippen LogP contribution is 2.37. The molecule has 2 aromatic heterocycles. The van der Waals surface area contributed by atoms with Crippen LogP contribution in [0.5, 0.6) is 0 Å². The van der Waals surface area contributed by atoms with Crippen LogP contribution in [0.4, 0.5) is 0 Å². The van der Waals surface area contributed by atoms with E-state index >= 15 is 0 Å². The van der Waals surface area contributed by atoms with Crippen molar-refractivity contribution in [2.45, 2.75) is 19.9 Å². The van der Waals surface area contributed by atoms with Gasteiger partial charge < -0.3 is 4.57 Å². The number of aryl methyl sites for hydroxylation is 1. The van der Waals surface area contributed by atoms with E-state index in [9.17, 15) is 0 Å². The number of pyridine rings is 1. The number of fused-ring (bicyclic) bond motifs is 1. The number of halogens is 3. The Hall–Kier alpha value is -1.03. The fourth-order valence-electron chi connectivity index (χ4n) is 2.41. The normalized spacial score (nSPS) is 12.8. The maximum atomic E-state index is 6.30. The average Bonchev–Trinajstić information content (AvgIpc) is 2.80. The largest absolute Gasteiger partial charge is 0.324 e. The fraction of sp³-hybridized carbons (Fsp3) is 0.188. The van der Waals surface area contributed by atoms with Crippen molar-refractivity contribution in [1.29, 1.82) is 0 Å². The van der Waals surface area contributed by atoms with Crippen molar-refractivity contribution in [1.82, 2.24) is 9.55 Å². The molecule has 21 heavy (non-hydrogen) atoms. The van der Waals surface area contributed by atoms with Gasteiger partial charge in [-0.05, 0) is 35.3 Å². The van der Waals surface area contributed by atoms with Crippen molar-refractivity contribution < 1.29 is 0 Å². The number of hydrogen-bond acceptors (Lipinski definition) is 1. The van der Waals surface area contributed by atoms with Gasteiger partial charge in [0.2, 0.25) is 0 Å². The maximum absolute atomic E-state index is 6.30. The Kier molecular flexibility index (Phi) is 4.00. The Morgan fingerprint density at radius 1 is 1.19 bits per heavy atom. The number of aromatic nitrogens is 2. The van der Waals surface area contributed by atoms with Gasteiger partial charge in [0.05, 0.1) is 21.5 Å². The molecule has 0 radical (unpaired) electrons. The summed E-state index contributed by atoms with van der Waals surface area (Å²) >= 11 is 15.9. The molecule has 0 aliphatic rings. The summed E-state index contributed by atoms with van der Waals surface area (Å²) in [6.45, 7) is 4.22. The summed E-state index contributed by atoms with van der Waals surface area (Å²) in [7, 11) is 0. The molecular weight excluding hydrogens is 371 g/mol. The fourth-order valence-corrected chi connectivity index (χ4v) is 3.50. The summed E-state index contributed by atoms with van der Waals surface area (Å²) in [6.07, 6.45) is 3.60. The molecule has 2 nitrogen and oxygen atoms in total. The highest BCUT2D eigenvalue weighted by molar-refractivity contribution is 9.10. The topological polar surface area (TPSA) is 17.8 Å². The van der Waals surface area contributed by atoms with Gasteiger partial charge in [-0.1, -0.05) is 53.0 Å². The van der Waals surface area contributed by atoms with Gasteiger partial charge in [0.25, 0.3) is 0 Å². The molecule has 0 saturated carbocycles. The molecule has 0 spiro atoms. The van der Waals surface area contributed by atoms with Crippen molar-refractivity contribution in [3.63, 3.8) is 0 Å². The second-order valence-electron chi connectivity index (χ2n) is 5.09. The van der Waals surface area contributed by atoms with Gasteiger partial charge in [-0.3, -0.25) is 0 Å². The second-order valence-corrected chi connectivity index (χ2v) is 6.73. The molecule has 0 amide bonds. The predicted molar refractivity (Wildman–Crippen MR) is 92.4 cm³/mol. The van der Waals surface area contributed by atoms with E-state index in [1.807, 2.05) is 6.20 Å². The molecule has 0 bridgehead atoms. The third-order valence-electron chi connectivity index (χ3n) is 3.67. The molecule has 3 rings (SSSR count). The van der Waals surface area contributed by atoms with Crippen LogP contribution in [0, 0.1) is 6.92 Å². The van der Waals surface area contributed by atoms with Gasteiger partial charge in [-0.2, -0.15) is 0 Å². The van der Waals surface area contributed by atoms with E-state index in [1.165, 1.54) is 11.1 Å². The van der Waals surface area contributed by atoms with Gasteiger partial charge in [0.1, 0.15) is 5.65 Å². The van der Waals surface area contributed by atoms with Crippen LogP contribution in [0.25, 0.3) is 11.0 Å². The van der Waals surface area contributed by atoms with E-state index in [2.05, 4.69) is 63.6 Å². The smallest absolute Gasteiger partial charge is 0.143 e. The van der Waals surface area contributed by atoms with Gasteiger partial charge in [0.15, 0.2) is 0 Å². The highest BCUT2D eigenvalue weighted by Gasteiger charge is 2.18. The number of rotatable bonds is 2. The summed E-state index contributed by atoms with van der Waals surface area (Å²) in [5, 5.41) is 1.84. The molecule has 5 heteroatoms. The first-order valence-corrected chi connectivity index (χ1v) is 8.10. The predicted octanol–water partition coefficient (Wildman–Crippen LogP) is 6.02. The molecule has 0 saturated heterocycles. The number of benzene rings is 1. The standard InChI is InChI=1S/C16H13BrCl2N2/c1-9-3-5-11(6-4-9)10(2)21-8-12(17)14-15(19)13(18)7-20-16(14)21/h3-8,10H,1-2H3/t10-/m0/s1. The minimum Gasteiger partial charge on any atom is -0.324 e. The summed E-state index contributed by atoms with van der Waals surface area (Å²) < 4.78 is 3.00. The quantitative estimate of drug-likeness (QED) is 0.528. The monoisotopic (exact) mass is 382 g/mol. The van der Waals surface area contributed by atoms with Gasteiger partial charge >= 0.3 is 0 Å². The van der Waals surface area contributed by atoms with Crippen molar-refractivity contribution in [2.75, 3.05) is 0 Å². The molecule has 0 unspecified atom stereocenters. The molecule has 0 fully saturated rings. The van der Waals surface area contributed by atoms with E-state index in [0.717, 1.165) is 15.5 Å². The summed E-state index contributed by atoms with van der Waals surface area (Å²) in [5.74, 6) is 0. The molecule has 108 valence electrons. The molecule has 0 aliphatic carbocycles. The molecule has 3 aromatic rings. The maximum Gasteiger partial charge on any atom is 0.143 e. The zero-order valence-electron chi connectivity index (χ0n) is 11.6. The lowest BCUT2D eigenvalue weighted by atomic mass is 10.1. The Morgan fingerprint density at radius 2 is 1.86 bits per heavy atom. The average molecular weight is 384 g/mol. The third-order valence-corrected chi connectivity index (χ3v) is 5.04. The molecule has 0 N–H and O–H groups in total. The number of hydrogen-bond donors (Lipinski definition) is 0. The lowest BCUT2D eigenvalue weighted by Crippen LogP contribution is -2.06. The van der Waals surface area contributed by atoms with Crippen molar-refractivity contribution in [2.24, 2.45) is 0 Å². The van der Waals surface area contributed by atoms with Crippen LogP contribution in [0.1, 0.15) is 24.1 Å². The van der Waals surface area contributed by atoms with E-state index in [1.54, 1.807) is 6.20 Å². The first kappa shape index (κ1) is 14.9. The van der Waals surface area contributed by atoms with Crippen molar-refractivity contribution in [3.8, 4) is 0 Å². The lowest BCUT2D eigenvalue weighted by Gasteiger charge is -2.15. The van der Waals surface area contributed by atoms with Crippen molar-refractivity contribution in [3.05, 3.63) is 62.3 Å². The molecule has 1 aromatic carbocycles. The van der Waals surface area contributed by atoms with E-state index < -0.39 is 0 Å². The Balaban J connectivity index is 2.17. The Morgan fingerprint density at radius 3 is 2.52 bits per heavy atom. The Labute approximate surface area is 141 Å². The zero-order chi connectivity index (χ0) is 15.1. The first-order valence-electron chi connectivity index (χ1n) is 6.55. The van der Waals surface area contributed by atoms with Gasteiger partial charge in [-0.15, -0.1) is 0 Å². The third kappa shape index (κ3) is 2.59. The Bertz CT molecular complexity index is 809. The molecule has 0 aliphatic heterocycles. The van der Waals surface area contributed by atoms with E-state index in [0.29, 0.717) is 10.0 Å². The molecule has 1 atom stereocenters. The lowest BCUT2D eigenvalue weighted by molar-refractivity contribution is 0.657. The van der Waals surface area contributed by atoms with Crippen LogP contribution in [0.15, 0.2) is 41.1 Å². The van der Waals surface area contributed by atoms with E-state index in [4.69, 9.17) is 23.2 Å². The van der Waals surface area contributed by atoms with Crippen molar-refractivity contribution >= 4 is 50.2 Å². The zero-order valence-corrected chi connectivity index (χ0v) is 14.7. The summed E-state index contributed by atoms with van der Waals surface area (Å²) in [6, 6.07) is 8.66. The highest BCUT2D eigenvalue weighted by atomic mass is 79.9. The SMILES string of the molecule is Cc1ccc([C@H](C)n2cc(Br)c3c(Cl)c(Cl)cnc32)cc1. The minimum atomic E-state index is 0.157. The minimum absolute atomic E-state index is 0.157. The van der Waals surface area contributed by atoms with Crippen LogP contribution < -0.4 is 0 Å². The first-order chi connectivity index (χ1) is 9.99. The van der Waals surface area contributed by atoms with Crippen LogP contribution in [-0.4, -0.2) is 9.55 Å². The van der Waals surface area contributed by atoms with Crippen LogP contribution in [-0.2, 0) is 0 Å². The number of nitrogens with zero attached hydrogens (tertiary/aromatic N) is 2. The summed E-state index contributed by atoms with van der Waals surface area (Å²) in [4.78, 5) is 4.44. The van der Waals surface area contributed by atoms with Crippen LogP contribution >= 0.6 is 39.1 Å². The molecule has 2 heterocycles. The van der Waals surface area contributed by atoms with Gasteiger partial charge in [-0.25, -0.2) is 4.98 Å². The second kappa shape index (κ2) is 5.64. The summed E-state index contributed by atoms with van der Waals surface area (Å²) in [5.41, 5.74) is 3.29.